The van der Waals surface area contributed by atoms with Crippen LogP contribution in [0.15, 0.2) is 48.7 Å². The Balaban J connectivity index is 1.39. The zero-order valence-electron chi connectivity index (χ0n) is 17.6. The van der Waals surface area contributed by atoms with Gasteiger partial charge in [-0.2, -0.15) is 0 Å². The largest absolute Gasteiger partial charge is 0.477 e. The van der Waals surface area contributed by atoms with E-state index in [1.54, 1.807) is 11.1 Å². The van der Waals surface area contributed by atoms with E-state index in [1.807, 2.05) is 39.0 Å². The number of hydrogen-bond donors (Lipinski definition) is 0. The van der Waals surface area contributed by atoms with Crippen LogP contribution in [0, 0.1) is 0 Å². The van der Waals surface area contributed by atoms with Crippen molar-refractivity contribution in [2.24, 2.45) is 0 Å². The van der Waals surface area contributed by atoms with E-state index in [1.165, 1.54) is 11.1 Å². The van der Waals surface area contributed by atoms with Gasteiger partial charge in [0.2, 0.25) is 5.88 Å². The van der Waals surface area contributed by atoms with Crippen molar-refractivity contribution < 1.29 is 14.3 Å². The molecule has 0 N–H and O–H groups in total. The molecule has 0 unspecified atom stereocenters. The molecule has 29 heavy (non-hydrogen) atoms. The van der Waals surface area contributed by atoms with Gasteiger partial charge in [0.1, 0.15) is 5.60 Å². The topological polar surface area (TPSA) is 54.9 Å². The highest BCUT2D eigenvalue weighted by atomic mass is 16.6. The lowest BCUT2D eigenvalue weighted by Crippen LogP contribution is -2.49. The molecule has 0 saturated carbocycles. The lowest BCUT2D eigenvalue weighted by atomic mass is 10.1. The first kappa shape index (κ1) is 21.1. The van der Waals surface area contributed by atoms with Gasteiger partial charge in [0, 0.05) is 51.4 Å². The maximum atomic E-state index is 12.2. The number of rotatable bonds is 6. The minimum absolute atomic E-state index is 0.213. The molecular formula is C23H31N3O3. The van der Waals surface area contributed by atoms with Gasteiger partial charge in [-0.05, 0) is 38.0 Å². The first-order valence-corrected chi connectivity index (χ1v) is 10.2. The first-order valence-electron chi connectivity index (χ1n) is 10.2. The SMILES string of the molecule is CC(C)(C)OC(=O)N1CCN(Cc2ccc(CCOc3ccccn3)cc2)CC1. The Bertz CT molecular complexity index is 764. The van der Waals surface area contributed by atoms with Gasteiger partial charge in [-0.15, -0.1) is 0 Å². The van der Waals surface area contributed by atoms with Gasteiger partial charge in [0.25, 0.3) is 0 Å². The third-order valence-corrected chi connectivity index (χ3v) is 4.73. The van der Waals surface area contributed by atoms with E-state index in [0.717, 1.165) is 26.1 Å². The number of nitrogens with zero attached hydrogens (tertiary/aromatic N) is 3. The van der Waals surface area contributed by atoms with Crippen molar-refractivity contribution in [2.45, 2.75) is 39.3 Å². The Hall–Kier alpha value is -2.60. The highest BCUT2D eigenvalue weighted by Crippen LogP contribution is 2.14. The van der Waals surface area contributed by atoms with Crippen LogP contribution in [0.3, 0.4) is 0 Å². The summed E-state index contributed by atoms with van der Waals surface area (Å²) in [5.74, 6) is 0.662. The molecule has 0 atom stereocenters. The lowest BCUT2D eigenvalue weighted by Gasteiger charge is -2.35. The number of aromatic nitrogens is 1. The molecule has 0 bridgehead atoms. The molecule has 1 aromatic heterocycles. The molecule has 0 spiro atoms. The van der Waals surface area contributed by atoms with Gasteiger partial charge in [-0.25, -0.2) is 9.78 Å². The number of amides is 1. The summed E-state index contributed by atoms with van der Waals surface area (Å²) in [4.78, 5) is 20.5. The van der Waals surface area contributed by atoms with Crippen molar-refractivity contribution >= 4 is 6.09 Å². The number of carbonyl (C=O) groups is 1. The van der Waals surface area contributed by atoms with Crippen LogP contribution < -0.4 is 4.74 Å². The lowest BCUT2D eigenvalue weighted by molar-refractivity contribution is 0.0139. The summed E-state index contributed by atoms with van der Waals surface area (Å²) in [7, 11) is 0. The van der Waals surface area contributed by atoms with Gasteiger partial charge in [-0.3, -0.25) is 4.90 Å². The molecule has 6 heteroatoms. The molecule has 0 radical (unpaired) electrons. The van der Waals surface area contributed by atoms with Gasteiger partial charge < -0.3 is 14.4 Å². The molecule has 1 saturated heterocycles. The molecule has 1 amide bonds. The maximum Gasteiger partial charge on any atom is 0.410 e. The molecule has 1 aliphatic rings. The van der Waals surface area contributed by atoms with Crippen LogP contribution in [0.4, 0.5) is 4.79 Å². The number of benzene rings is 1. The quantitative estimate of drug-likeness (QED) is 0.743. The van der Waals surface area contributed by atoms with Crippen molar-refractivity contribution in [1.29, 1.82) is 0 Å². The first-order chi connectivity index (χ1) is 13.9. The Labute approximate surface area is 173 Å². The van der Waals surface area contributed by atoms with E-state index in [2.05, 4.69) is 34.1 Å². The molecule has 1 fully saturated rings. The fourth-order valence-electron chi connectivity index (χ4n) is 3.19. The van der Waals surface area contributed by atoms with Crippen LogP contribution >= 0.6 is 0 Å². The summed E-state index contributed by atoms with van der Waals surface area (Å²) < 4.78 is 11.1. The van der Waals surface area contributed by atoms with Crippen molar-refractivity contribution in [1.82, 2.24) is 14.8 Å². The van der Waals surface area contributed by atoms with Crippen LogP contribution in [0.5, 0.6) is 5.88 Å². The summed E-state index contributed by atoms with van der Waals surface area (Å²) in [5, 5.41) is 0. The molecule has 1 aromatic carbocycles. The Kier molecular flexibility index (Phi) is 7.09. The smallest absolute Gasteiger partial charge is 0.410 e. The maximum absolute atomic E-state index is 12.2. The van der Waals surface area contributed by atoms with Gasteiger partial charge >= 0.3 is 6.09 Å². The molecule has 0 aliphatic carbocycles. The number of carbonyl (C=O) groups excluding carboxylic acids is 1. The summed E-state index contributed by atoms with van der Waals surface area (Å²) in [6.07, 6.45) is 2.37. The van der Waals surface area contributed by atoms with Crippen LogP contribution in [0.25, 0.3) is 0 Å². The van der Waals surface area contributed by atoms with E-state index in [9.17, 15) is 4.79 Å². The standard InChI is InChI=1S/C23H31N3O3/c1-23(2,3)29-22(27)26-15-13-25(14-16-26)18-20-9-7-19(8-10-20)11-17-28-21-6-4-5-12-24-21/h4-10,12H,11,13-18H2,1-3H3. The average Bonchev–Trinajstić information content (AvgIpc) is 2.69. The average molecular weight is 398 g/mol. The number of ether oxygens (including phenoxy) is 2. The highest BCUT2D eigenvalue weighted by molar-refractivity contribution is 5.68. The van der Waals surface area contributed by atoms with Gasteiger partial charge in [0.05, 0.1) is 6.61 Å². The van der Waals surface area contributed by atoms with Crippen LogP contribution in [0.1, 0.15) is 31.9 Å². The molecule has 1 aliphatic heterocycles. The fourth-order valence-corrected chi connectivity index (χ4v) is 3.19. The number of piperazine rings is 1. The van der Waals surface area contributed by atoms with Crippen molar-refractivity contribution in [3.63, 3.8) is 0 Å². The monoisotopic (exact) mass is 397 g/mol. The third-order valence-electron chi connectivity index (χ3n) is 4.73. The Morgan fingerprint density at radius 1 is 1.00 bits per heavy atom. The predicted molar refractivity (Wildman–Crippen MR) is 113 cm³/mol. The third kappa shape index (κ3) is 7.06. The van der Waals surface area contributed by atoms with E-state index in [0.29, 0.717) is 25.6 Å². The normalized spacial score (nSPS) is 15.2. The summed E-state index contributed by atoms with van der Waals surface area (Å²) >= 11 is 0. The molecular weight excluding hydrogens is 366 g/mol. The second-order valence-corrected chi connectivity index (χ2v) is 8.33. The zero-order valence-corrected chi connectivity index (χ0v) is 17.6. The number of pyridine rings is 1. The Morgan fingerprint density at radius 3 is 2.31 bits per heavy atom. The summed E-state index contributed by atoms with van der Waals surface area (Å²) in [6, 6.07) is 14.3. The van der Waals surface area contributed by atoms with Crippen LogP contribution in [-0.4, -0.2) is 59.3 Å². The molecule has 6 nitrogen and oxygen atoms in total. The van der Waals surface area contributed by atoms with Gasteiger partial charge in [0.15, 0.2) is 0 Å². The van der Waals surface area contributed by atoms with Gasteiger partial charge in [-0.1, -0.05) is 30.3 Å². The van der Waals surface area contributed by atoms with E-state index in [4.69, 9.17) is 9.47 Å². The van der Waals surface area contributed by atoms with Crippen molar-refractivity contribution in [3.05, 3.63) is 59.8 Å². The molecule has 156 valence electrons. The Morgan fingerprint density at radius 2 is 1.69 bits per heavy atom. The van der Waals surface area contributed by atoms with E-state index >= 15 is 0 Å². The fraction of sp³-hybridized carbons (Fsp3) is 0.478. The highest BCUT2D eigenvalue weighted by Gasteiger charge is 2.25. The second-order valence-electron chi connectivity index (χ2n) is 8.33. The second kappa shape index (κ2) is 9.74. The van der Waals surface area contributed by atoms with Crippen LogP contribution in [-0.2, 0) is 17.7 Å². The minimum Gasteiger partial charge on any atom is -0.477 e. The zero-order chi connectivity index (χ0) is 20.7. The predicted octanol–water partition coefficient (Wildman–Crippen LogP) is 3.76. The van der Waals surface area contributed by atoms with E-state index in [-0.39, 0.29) is 6.09 Å². The van der Waals surface area contributed by atoms with Crippen molar-refractivity contribution in [2.75, 3.05) is 32.8 Å². The minimum atomic E-state index is -0.446. The van der Waals surface area contributed by atoms with E-state index < -0.39 is 5.60 Å². The summed E-state index contributed by atoms with van der Waals surface area (Å²) in [6.45, 7) is 10.3. The number of hydrogen-bond acceptors (Lipinski definition) is 5. The van der Waals surface area contributed by atoms with Crippen LogP contribution in [0.2, 0.25) is 0 Å². The molecule has 3 rings (SSSR count). The van der Waals surface area contributed by atoms with Crippen molar-refractivity contribution in [3.8, 4) is 5.88 Å². The molecule has 2 heterocycles. The summed E-state index contributed by atoms with van der Waals surface area (Å²) in [5.41, 5.74) is 2.09. The molecule has 2 aromatic rings.